The van der Waals surface area contributed by atoms with Crippen LogP contribution in [0.5, 0.6) is 0 Å². The van der Waals surface area contributed by atoms with Gasteiger partial charge in [-0.2, -0.15) is 0 Å². The number of esters is 1. The van der Waals surface area contributed by atoms with E-state index in [0.717, 1.165) is 11.1 Å². The maximum absolute atomic E-state index is 13.3. The summed E-state index contributed by atoms with van der Waals surface area (Å²) < 4.78 is 7.14. The van der Waals surface area contributed by atoms with Gasteiger partial charge >= 0.3 is 5.97 Å². The average Bonchev–Trinajstić information content (AvgIpc) is 3.08. The van der Waals surface area contributed by atoms with Crippen LogP contribution in [0.1, 0.15) is 24.1 Å². The van der Waals surface area contributed by atoms with Crippen molar-refractivity contribution >= 4 is 29.5 Å². The fraction of sp³-hybridized carbons (Fsp3) is 0.125. The predicted molar refractivity (Wildman–Crippen MR) is 119 cm³/mol. The molecule has 0 saturated heterocycles. The summed E-state index contributed by atoms with van der Waals surface area (Å²) in [6, 6.07) is 18.8. The first-order valence-corrected chi connectivity index (χ1v) is 10.3. The molecule has 2 aromatic carbocycles. The fourth-order valence-corrected chi connectivity index (χ4v) is 4.47. The SMILES string of the molecule is COC(=O)C1=C(C)N=c2s/c(=C/C=C\c3ccccc3)c(=O)n2C1c1ccccc1. The van der Waals surface area contributed by atoms with Crippen LogP contribution in [0.4, 0.5) is 0 Å². The summed E-state index contributed by atoms with van der Waals surface area (Å²) in [6.45, 7) is 1.77. The number of fused-ring (bicyclic) bond motifs is 1. The van der Waals surface area contributed by atoms with Crippen molar-refractivity contribution in [2.24, 2.45) is 4.99 Å². The van der Waals surface area contributed by atoms with Gasteiger partial charge in [0.05, 0.1) is 29.0 Å². The number of carbonyl (C=O) groups excluding carboxylic acids is 1. The molecule has 0 radical (unpaired) electrons. The number of nitrogens with zero attached hydrogens (tertiary/aromatic N) is 2. The Balaban J connectivity index is 1.87. The molecule has 2 heterocycles. The second-order valence-corrected chi connectivity index (χ2v) is 7.79. The topological polar surface area (TPSA) is 60.7 Å². The number of aromatic nitrogens is 1. The molecule has 0 bridgehead atoms. The maximum Gasteiger partial charge on any atom is 0.338 e. The predicted octanol–water partition coefficient (Wildman–Crippen LogP) is 3.07. The number of thiazole rings is 1. The third kappa shape index (κ3) is 3.69. The highest BCUT2D eigenvalue weighted by molar-refractivity contribution is 7.07. The molecule has 0 fully saturated rings. The Labute approximate surface area is 177 Å². The standard InChI is InChI=1S/C24H20N2O3S/c1-16-20(23(28)29-2)21(18-13-7-4-8-14-18)26-22(27)19(30-24(26)25-16)15-9-12-17-10-5-3-6-11-17/h3-15,21H,1-2H3/b12-9-,19-15+. The van der Waals surface area contributed by atoms with Crippen LogP contribution in [0.15, 0.2) is 87.8 Å². The lowest BCUT2D eigenvalue weighted by atomic mass is 9.96. The maximum atomic E-state index is 13.3. The number of rotatable bonds is 4. The van der Waals surface area contributed by atoms with E-state index in [1.54, 1.807) is 17.6 Å². The second-order valence-electron chi connectivity index (χ2n) is 6.78. The van der Waals surface area contributed by atoms with Gasteiger partial charge in [-0.15, -0.1) is 0 Å². The van der Waals surface area contributed by atoms with Gasteiger partial charge in [0.2, 0.25) is 0 Å². The minimum absolute atomic E-state index is 0.181. The van der Waals surface area contributed by atoms with Crippen LogP contribution in [0.2, 0.25) is 0 Å². The first kappa shape index (κ1) is 19.8. The molecule has 30 heavy (non-hydrogen) atoms. The summed E-state index contributed by atoms with van der Waals surface area (Å²) in [5.74, 6) is -0.483. The van der Waals surface area contributed by atoms with E-state index < -0.39 is 12.0 Å². The van der Waals surface area contributed by atoms with Gasteiger partial charge in [0.15, 0.2) is 4.80 Å². The number of hydrogen-bond donors (Lipinski definition) is 0. The Morgan fingerprint density at radius 1 is 1.10 bits per heavy atom. The molecule has 1 aliphatic rings. The van der Waals surface area contributed by atoms with Crippen molar-refractivity contribution < 1.29 is 9.53 Å². The van der Waals surface area contributed by atoms with E-state index in [1.807, 2.05) is 72.8 Å². The molecule has 1 unspecified atom stereocenters. The van der Waals surface area contributed by atoms with Gasteiger partial charge in [0.25, 0.3) is 5.56 Å². The molecule has 1 atom stereocenters. The monoisotopic (exact) mass is 416 g/mol. The molecule has 5 nitrogen and oxygen atoms in total. The van der Waals surface area contributed by atoms with Crippen molar-refractivity contribution in [2.75, 3.05) is 7.11 Å². The van der Waals surface area contributed by atoms with E-state index in [-0.39, 0.29) is 5.56 Å². The van der Waals surface area contributed by atoms with Gasteiger partial charge in [0.1, 0.15) is 0 Å². The lowest BCUT2D eigenvalue weighted by molar-refractivity contribution is -0.136. The molecule has 0 saturated carbocycles. The minimum Gasteiger partial charge on any atom is -0.466 e. The molecule has 6 heteroatoms. The van der Waals surface area contributed by atoms with E-state index >= 15 is 0 Å². The van der Waals surface area contributed by atoms with Crippen molar-refractivity contribution in [3.8, 4) is 0 Å². The van der Waals surface area contributed by atoms with E-state index in [0.29, 0.717) is 20.6 Å². The van der Waals surface area contributed by atoms with Crippen molar-refractivity contribution in [1.29, 1.82) is 0 Å². The van der Waals surface area contributed by atoms with Crippen LogP contribution in [0.3, 0.4) is 0 Å². The Hall–Kier alpha value is -3.51. The summed E-state index contributed by atoms with van der Waals surface area (Å²) >= 11 is 1.31. The third-order valence-electron chi connectivity index (χ3n) is 4.88. The molecule has 0 N–H and O–H groups in total. The quantitative estimate of drug-likeness (QED) is 0.614. The fourth-order valence-electron chi connectivity index (χ4n) is 3.47. The van der Waals surface area contributed by atoms with Crippen LogP contribution in [0, 0.1) is 0 Å². The Morgan fingerprint density at radius 2 is 1.77 bits per heavy atom. The second kappa shape index (κ2) is 8.47. The lowest BCUT2D eigenvalue weighted by Crippen LogP contribution is -2.39. The van der Waals surface area contributed by atoms with E-state index in [1.165, 1.54) is 18.4 Å². The summed E-state index contributed by atoms with van der Waals surface area (Å²) in [7, 11) is 1.34. The van der Waals surface area contributed by atoms with Crippen molar-refractivity contribution in [3.05, 3.63) is 109 Å². The Kier molecular flexibility index (Phi) is 5.59. The number of ether oxygens (including phenoxy) is 1. The van der Waals surface area contributed by atoms with Crippen molar-refractivity contribution in [2.45, 2.75) is 13.0 Å². The highest BCUT2D eigenvalue weighted by Gasteiger charge is 2.32. The summed E-state index contributed by atoms with van der Waals surface area (Å²) in [6.07, 6.45) is 5.58. The third-order valence-corrected chi connectivity index (χ3v) is 5.88. The Morgan fingerprint density at radius 3 is 2.43 bits per heavy atom. The van der Waals surface area contributed by atoms with Gasteiger partial charge in [-0.1, -0.05) is 84.2 Å². The first-order chi connectivity index (χ1) is 14.6. The number of carbonyl (C=O) groups is 1. The van der Waals surface area contributed by atoms with Gasteiger partial charge in [0, 0.05) is 0 Å². The molecule has 0 spiro atoms. The smallest absolute Gasteiger partial charge is 0.338 e. The molecule has 0 aliphatic carbocycles. The molecular formula is C24H20N2O3S. The molecule has 3 aromatic rings. The van der Waals surface area contributed by atoms with Crippen molar-refractivity contribution in [1.82, 2.24) is 4.57 Å². The van der Waals surface area contributed by atoms with Gasteiger partial charge in [-0.25, -0.2) is 9.79 Å². The number of hydrogen-bond acceptors (Lipinski definition) is 5. The van der Waals surface area contributed by atoms with Crippen LogP contribution >= 0.6 is 11.3 Å². The summed E-state index contributed by atoms with van der Waals surface area (Å²) in [5, 5.41) is 0. The van der Waals surface area contributed by atoms with Gasteiger partial charge in [-0.3, -0.25) is 9.36 Å². The largest absolute Gasteiger partial charge is 0.466 e. The lowest BCUT2D eigenvalue weighted by Gasteiger charge is -2.24. The van der Waals surface area contributed by atoms with E-state index in [2.05, 4.69) is 4.99 Å². The van der Waals surface area contributed by atoms with Crippen LogP contribution in [0.25, 0.3) is 12.2 Å². The number of benzene rings is 2. The highest BCUT2D eigenvalue weighted by Crippen LogP contribution is 2.30. The van der Waals surface area contributed by atoms with Gasteiger partial charge < -0.3 is 4.74 Å². The molecule has 1 aromatic heterocycles. The molecule has 4 rings (SSSR count). The number of allylic oxidation sites excluding steroid dienone is 2. The zero-order chi connectivity index (χ0) is 21.1. The molecule has 1 aliphatic heterocycles. The van der Waals surface area contributed by atoms with E-state index in [4.69, 9.17) is 4.74 Å². The first-order valence-electron chi connectivity index (χ1n) is 9.47. The summed E-state index contributed by atoms with van der Waals surface area (Å²) in [4.78, 5) is 30.9. The Bertz CT molecular complexity index is 1320. The van der Waals surface area contributed by atoms with Crippen LogP contribution in [-0.2, 0) is 9.53 Å². The van der Waals surface area contributed by atoms with E-state index in [9.17, 15) is 9.59 Å². The normalized spacial score (nSPS) is 16.5. The van der Waals surface area contributed by atoms with Crippen LogP contribution < -0.4 is 14.9 Å². The number of methoxy groups -OCH3 is 1. The average molecular weight is 417 g/mol. The molecule has 0 amide bonds. The van der Waals surface area contributed by atoms with Crippen LogP contribution in [-0.4, -0.2) is 17.6 Å². The zero-order valence-electron chi connectivity index (χ0n) is 16.6. The van der Waals surface area contributed by atoms with Crippen molar-refractivity contribution in [3.63, 3.8) is 0 Å². The molecule has 150 valence electrons. The van der Waals surface area contributed by atoms with Gasteiger partial charge in [-0.05, 0) is 24.1 Å². The summed E-state index contributed by atoms with van der Waals surface area (Å²) in [5.41, 5.74) is 2.64. The highest BCUT2D eigenvalue weighted by atomic mass is 32.1. The molecular weight excluding hydrogens is 396 g/mol. The zero-order valence-corrected chi connectivity index (χ0v) is 17.4. The minimum atomic E-state index is -0.574.